The molecule has 7 atom stereocenters. The van der Waals surface area contributed by atoms with Crippen LogP contribution in [0, 0.1) is 11.8 Å². The van der Waals surface area contributed by atoms with Crippen LogP contribution in [0.25, 0.3) is 0 Å². The second-order valence-corrected chi connectivity index (χ2v) is 13.4. The summed E-state index contributed by atoms with van der Waals surface area (Å²) in [7, 11) is -3.54. The van der Waals surface area contributed by atoms with Gasteiger partial charge in [-0.15, -0.1) is 0 Å². The fraction of sp³-hybridized carbons (Fsp3) is 0.704. The maximum atomic E-state index is 14.3. The van der Waals surface area contributed by atoms with Crippen LogP contribution in [-0.2, 0) is 35.9 Å². The minimum atomic E-state index is -4.43. The van der Waals surface area contributed by atoms with E-state index in [1.54, 1.807) is 0 Å². The Morgan fingerprint density at radius 3 is 1.62 bits per heavy atom. The van der Waals surface area contributed by atoms with Gasteiger partial charge in [0.1, 0.15) is 12.2 Å². The highest BCUT2D eigenvalue weighted by Crippen LogP contribution is 2.46. The van der Waals surface area contributed by atoms with Crippen molar-refractivity contribution in [3.63, 3.8) is 0 Å². The predicted molar refractivity (Wildman–Crippen MR) is 154 cm³/mol. The lowest BCUT2D eigenvalue weighted by Gasteiger charge is -2.21. The van der Waals surface area contributed by atoms with Gasteiger partial charge >= 0.3 is 31.0 Å². The molecular formula is C27H39F4N4O11P. The minimum Gasteiger partial charge on any atom is -0.394 e. The summed E-state index contributed by atoms with van der Waals surface area (Å²) in [4.78, 5) is 40.6. The number of ether oxygens (including phenoxy) is 2. The second-order valence-electron chi connectivity index (χ2n) is 11.8. The third-order valence-corrected chi connectivity index (χ3v) is 8.02. The zero-order valence-electron chi connectivity index (χ0n) is 26.2. The highest BCUT2D eigenvalue weighted by Gasteiger charge is 2.60. The monoisotopic (exact) mass is 702 g/mol. The molecule has 4 N–H and O–H groups in total. The molecule has 0 aliphatic carbocycles. The van der Waals surface area contributed by atoms with Gasteiger partial charge in [-0.1, -0.05) is 27.7 Å². The quantitative estimate of drug-likeness (QED) is 0.194. The average Bonchev–Trinajstić information content (AvgIpc) is 3.34. The summed E-state index contributed by atoms with van der Waals surface area (Å²) in [5, 5.41) is 28.1. The van der Waals surface area contributed by atoms with E-state index in [1.807, 2.05) is 27.7 Å². The molecule has 0 bridgehead atoms. The number of phosphoric ester groups is 1. The molecular weight excluding hydrogens is 663 g/mol. The Morgan fingerprint density at radius 1 is 0.872 bits per heavy atom. The van der Waals surface area contributed by atoms with Crippen LogP contribution in [-0.4, -0.2) is 95.9 Å². The number of aliphatic hydroxyl groups is 3. The fourth-order valence-corrected chi connectivity index (χ4v) is 5.20. The maximum absolute atomic E-state index is 14.3. The summed E-state index contributed by atoms with van der Waals surface area (Å²) in [5.41, 5.74) is -0.869. The molecule has 266 valence electrons. The van der Waals surface area contributed by atoms with Crippen LogP contribution in [0.4, 0.5) is 17.6 Å². The first-order chi connectivity index (χ1) is 21.7. The number of aliphatic hydroxyl groups excluding tert-OH is 3. The largest absolute Gasteiger partial charge is 0.472 e. The van der Waals surface area contributed by atoms with Crippen LogP contribution in [0.15, 0.2) is 34.1 Å². The molecule has 2 aromatic heterocycles. The second kappa shape index (κ2) is 15.3. The first-order valence-corrected chi connectivity index (χ1v) is 16.0. The van der Waals surface area contributed by atoms with E-state index in [0.29, 0.717) is 33.4 Å². The van der Waals surface area contributed by atoms with Gasteiger partial charge in [0.05, 0.1) is 13.2 Å². The van der Waals surface area contributed by atoms with Crippen molar-refractivity contribution in [2.45, 2.75) is 89.3 Å². The summed E-state index contributed by atoms with van der Waals surface area (Å²) in [6, 6.07) is 2.89. The molecule has 1 unspecified atom stereocenters. The van der Waals surface area contributed by atoms with Gasteiger partial charge in [-0.3, -0.25) is 18.2 Å². The Morgan fingerprint density at radius 2 is 1.28 bits per heavy atom. The maximum Gasteiger partial charge on any atom is 0.472 e. The lowest BCUT2D eigenvalue weighted by atomic mass is 10.1. The molecule has 2 fully saturated rings. The van der Waals surface area contributed by atoms with Crippen molar-refractivity contribution in [1.82, 2.24) is 19.1 Å². The van der Waals surface area contributed by atoms with Gasteiger partial charge in [0.2, 0.25) is 12.5 Å². The van der Waals surface area contributed by atoms with Crippen LogP contribution in [0.2, 0.25) is 0 Å². The Hall–Kier alpha value is -2.61. The molecule has 0 aromatic carbocycles. The molecule has 15 nitrogen and oxygen atoms in total. The Balaban J connectivity index is 0.000000261. The fourth-order valence-electron chi connectivity index (χ4n) is 4.76. The molecule has 0 saturated carbocycles. The van der Waals surface area contributed by atoms with E-state index in [1.165, 1.54) is 18.3 Å². The van der Waals surface area contributed by atoms with E-state index in [9.17, 15) is 41.9 Å². The van der Waals surface area contributed by atoms with E-state index >= 15 is 0 Å². The molecule has 0 radical (unpaired) electrons. The van der Waals surface area contributed by atoms with Crippen molar-refractivity contribution in [2.24, 2.45) is 11.8 Å². The van der Waals surface area contributed by atoms with Crippen molar-refractivity contribution >= 4 is 7.82 Å². The van der Waals surface area contributed by atoms with Crippen molar-refractivity contribution in [2.75, 3.05) is 20.3 Å². The molecule has 2 saturated heterocycles. The van der Waals surface area contributed by atoms with Gasteiger partial charge < -0.3 is 29.7 Å². The van der Waals surface area contributed by atoms with E-state index in [0.717, 1.165) is 13.3 Å². The highest BCUT2D eigenvalue weighted by molar-refractivity contribution is 7.47. The number of hydrogen-bond donors (Lipinski definition) is 4. The van der Waals surface area contributed by atoms with Crippen LogP contribution < -0.4 is 11.4 Å². The summed E-state index contributed by atoms with van der Waals surface area (Å²) in [6.45, 7) is 6.14. The Labute approximate surface area is 266 Å². The highest BCUT2D eigenvalue weighted by atomic mass is 31.2. The average molecular weight is 703 g/mol. The van der Waals surface area contributed by atoms with Gasteiger partial charge in [-0.05, 0) is 36.8 Å². The number of rotatable bonds is 11. The van der Waals surface area contributed by atoms with Crippen molar-refractivity contribution in [1.29, 1.82) is 0 Å². The predicted octanol–water partition coefficient (Wildman–Crippen LogP) is 1.43. The first kappa shape index (κ1) is 38.8. The third kappa shape index (κ3) is 9.10. The number of aromatic nitrogens is 4. The van der Waals surface area contributed by atoms with Crippen molar-refractivity contribution in [3.05, 3.63) is 56.9 Å². The topological polar surface area (TPSA) is 205 Å². The lowest BCUT2D eigenvalue weighted by molar-refractivity contribution is -0.141. The molecule has 2 aliphatic heterocycles. The Kier molecular flexibility index (Phi) is 12.6. The number of nitrogens with zero attached hydrogens (tertiary/aromatic N) is 4. The van der Waals surface area contributed by atoms with Crippen LogP contribution in [0.3, 0.4) is 0 Å². The van der Waals surface area contributed by atoms with E-state index in [2.05, 4.69) is 19.0 Å². The molecule has 4 heterocycles. The molecule has 0 spiro atoms. The Bertz CT molecular complexity index is 1530. The molecule has 47 heavy (non-hydrogen) atoms. The molecule has 20 heteroatoms. The van der Waals surface area contributed by atoms with Crippen molar-refractivity contribution < 1.29 is 60.9 Å². The summed E-state index contributed by atoms with van der Waals surface area (Å²) in [5.74, 6) is -7.03. The van der Waals surface area contributed by atoms with Gasteiger partial charge in [0.25, 0.3) is 0 Å². The van der Waals surface area contributed by atoms with Gasteiger partial charge in [0.15, 0.2) is 12.2 Å². The number of phosphoric acid groups is 1. The smallest absolute Gasteiger partial charge is 0.394 e. The third-order valence-electron chi connectivity index (χ3n) is 7.09. The summed E-state index contributed by atoms with van der Waals surface area (Å²) in [6.07, 6.45) is -8.36. The number of halogens is 4. The molecule has 0 amide bonds. The van der Waals surface area contributed by atoms with Gasteiger partial charge in [-0.2, -0.15) is 27.5 Å². The number of hydrogen-bond acceptors (Lipinski definition) is 12. The van der Waals surface area contributed by atoms with Crippen LogP contribution >= 0.6 is 7.82 Å². The van der Waals surface area contributed by atoms with E-state index in [4.69, 9.17) is 19.5 Å². The van der Waals surface area contributed by atoms with Gasteiger partial charge in [0, 0.05) is 30.9 Å². The lowest BCUT2D eigenvalue weighted by Crippen LogP contribution is -2.42. The van der Waals surface area contributed by atoms with Crippen LogP contribution in [0.1, 0.15) is 51.5 Å². The first-order valence-electron chi connectivity index (χ1n) is 14.5. The standard InChI is InChI=1S/C14H21F2N2O7P.C13H18F2N2O4/c1-8(2)6-9-4-5-18(13(20)17-9)12-14(15,16)11(19)10(25-12)7-24-26(21,22)23-3;1-7(2)5-8-3-4-17(12(20)16-8)11-13(14,15)10(19)9(6-18)21-11/h4-5,8,10-12,19H,6-7H2,1-3H3,(H,21,22);3-4,7,9-11,18-19H,5-6H2,1-2H3/t10-,11-,12-;9-,10-,11-/m11/s1. The number of alkyl halides is 4. The van der Waals surface area contributed by atoms with E-state index < -0.39 is 81.1 Å². The van der Waals surface area contributed by atoms with Crippen LogP contribution in [0.5, 0.6) is 0 Å². The zero-order chi connectivity index (χ0) is 35.5. The molecule has 2 aliphatic rings. The minimum absolute atomic E-state index is 0.222. The molecule has 4 rings (SSSR count). The zero-order valence-corrected chi connectivity index (χ0v) is 27.0. The summed E-state index contributed by atoms with van der Waals surface area (Å²) >= 11 is 0. The molecule has 2 aromatic rings. The van der Waals surface area contributed by atoms with E-state index in [-0.39, 0.29) is 11.8 Å². The van der Waals surface area contributed by atoms with Crippen molar-refractivity contribution in [3.8, 4) is 0 Å². The SMILES string of the molecule is CC(C)Cc1ccn([C@@H]2O[C@H](CO)[C@@H](O)C2(F)F)c(=O)n1.COP(=O)(O)OC[C@H]1O[C@@H](n2ccc(CC(C)C)nc2=O)C(F)(F)[C@@H]1O. The van der Waals surface area contributed by atoms with Gasteiger partial charge in [-0.25, -0.2) is 14.2 Å². The summed E-state index contributed by atoms with van der Waals surface area (Å²) < 4.78 is 87.6. The normalized spacial score (nSPS) is 27.9.